The molecular weight excluding hydrogens is 378 g/mol. The maximum atomic E-state index is 12.2. The fourth-order valence-electron chi connectivity index (χ4n) is 3.71. The van der Waals surface area contributed by atoms with Gasteiger partial charge in [0.15, 0.2) is 11.6 Å². The highest BCUT2D eigenvalue weighted by molar-refractivity contribution is 5.79. The minimum Gasteiger partial charge on any atom is -0.493 e. The molecule has 1 heterocycles. The Hall–Kier alpha value is -3.80. The first-order valence-electron chi connectivity index (χ1n) is 9.72. The van der Waals surface area contributed by atoms with E-state index in [1.807, 2.05) is 36.4 Å². The Labute approximate surface area is 175 Å². The second-order valence-corrected chi connectivity index (χ2v) is 6.96. The van der Waals surface area contributed by atoms with E-state index in [1.165, 1.54) is 22.3 Å². The number of ether oxygens (including phenoxy) is 2. The summed E-state index contributed by atoms with van der Waals surface area (Å²) in [7, 11) is 1.54. The van der Waals surface area contributed by atoms with E-state index in [9.17, 15) is 4.79 Å². The molecule has 1 aromatic heterocycles. The molecule has 1 aliphatic rings. The van der Waals surface area contributed by atoms with Gasteiger partial charge in [0.1, 0.15) is 6.61 Å². The molecule has 0 radical (unpaired) electrons. The Bertz CT molecular complexity index is 1050. The zero-order chi connectivity index (χ0) is 20.9. The number of carbonyl (C=O) groups is 1. The number of anilines is 1. The van der Waals surface area contributed by atoms with E-state index in [2.05, 4.69) is 34.6 Å². The zero-order valence-electron chi connectivity index (χ0n) is 16.7. The van der Waals surface area contributed by atoms with Crippen molar-refractivity contribution in [3.05, 3.63) is 83.6 Å². The summed E-state index contributed by atoms with van der Waals surface area (Å²) in [6.07, 6.45) is 4.84. The molecule has 30 heavy (non-hydrogen) atoms. The third-order valence-corrected chi connectivity index (χ3v) is 5.14. The molecule has 0 unspecified atom stereocenters. The van der Waals surface area contributed by atoms with Crippen LogP contribution in [0.25, 0.3) is 17.2 Å². The van der Waals surface area contributed by atoms with Crippen LogP contribution in [0.5, 0.6) is 5.75 Å². The molecule has 6 nitrogen and oxygen atoms in total. The smallest absolute Gasteiger partial charge is 0.407 e. The standard InChI is InChI=1S/C24H23N3O3/c1-29-22-13-16(14-27-23(22)25)7-6-12-26-24(28)30-15-21-19-10-4-2-8-17(19)18-9-3-5-11-20(18)21/h2-11,13-14,21H,12,15H2,1H3,(H2,25,27)(H,26,28). The largest absolute Gasteiger partial charge is 0.493 e. The lowest BCUT2D eigenvalue weighted by molar-refractivity contribution is 0.144. The maximum Gasteiger partial charge on any atom is 0.407 e. The zero-order valence-corrected chi connectivity index (χ0v) is 16.7. The van der Waals surface area contributed by atoms with Crippen LogP contribution in [0.2, 0.25) is 0 Å². The summed E-state index contributed by atoms with van der Waals surface area (Å²) in [6.45, 7) is 0.631. The molecule has 3 N–H and O–H groups in total. The van der Waals surface area contributed by atoms with E-state index in [0.29, 0.717) is 24.7 Å². The first-order chi connectivity index (χ1) is 14.7. The van der Waals surface area contributed by atoms with E-state index in [4.69, 9.17) is 15.2 Å². The van der Waals surface area contributed by atoms with Crippen molar-refractivity contribution >= 4 is 18.0 Å². The molecule has 2 aromatic carbocycles. The average molecular weight is 401 g/mol. The van der Waals surface area contributed by atoms with Crippen LogP contribution in [-0.2, 0) is 4.74 Å². The number of nitrogens with two attached hydrogens (primary N) is 1. The van der Waals surface area contributed by atoms with Crippen LogP contribution < -0.4 is 15.8 Å². The van der Waals surface area contributed by atoms with Gasteiger partial charge in [-0.25, -0.2) is 9.78 Å². The van der Waals surface area contributed by atoms with E-state index in [-0.39, 0.29) is 5.92 Å². The summed E-state index contributed by atoms with van der Waals surface area (Å²) < 4.78 is 10.7. The van der Waals surface area contributed by atoms with Crippen molar-refractivity contribution in [1.82, 2.24) is 10.3 Å². The van der Waals surface area contributed by atoms with Crippen molar-refractivity contribution in [2.24, 2.45) is 0 Å². The number of alkyl carbamates (subject to hydrolysis) is 1. The summed E-state index contributed by atoms with van der Waals surface area (Å²) in [5.74, 6) is 0.903. The van der Waals surface area contributed by atoms with Crippen LogP contribution in [0.15, 0.2) is 66.9 Å². The highest BCUT2D eigenvalue weighted by atomic mass is 16.5. The number of pyridine rings is 1. The molecule has 1 aliphatic carbocycles. The van der Waals surface area contributed by atoms with Gasteiger partial charge in [-0.05, 0) is 33.9 Å². The van der Waals surface area contributed by atoms with Gasteiger partial charge in [-0.2, -0.15) is 0 Å². The van der Waals surface area contributed by atoms with E-state index < -0.39 is 6.09 Å². The lowest BCUT2D eigenvalue weighted by atomic mass is 9.98. The third kappa shape index (κ3) is 3.98. The summed E-state index contributed by atoms with van der Waals surface area (Å²) in [5.41, 5.74) is 11.3. The Morgan fingerprint density at radius 1 is 1.13 bits per heavy atom. The molecule has 152 valence electrons. The monoisotopic (exact) mass is 401 g/mol. The second kappa shape index (κ2) is 8.69. The van der Waals surface area contributed by atoms with Gasteiger partial charge in [0.05, 0.1) is 7.11 Å². The van der Waals surface area contributed by atoms with Crippen molar-refractivity contribution in [3.63, 3.8) is 0 Å². The Morgan fingerprint density at radius 3 is 2.47 bits per heavy atom. The van der Waals surface area contributed by atoms with Gasteiger partial charge in [-0.15, -0.1) is 0 Å². The first-order valence-corrected chi connectivity index (χ1v) is 9.72. The van der Waals surface area contributed by atoms with Crippen molar-refractivity contribution in [1.29, 1.82) is 0 Å². The number of fused-ring (bicyclic) bond motifs is 3. The van der Waals surface area contributed by atoms with Gasteiger partial charge in [0.2, 0.25) is 0 Å². The number of hydrogen-bond acceptors (Lipinski definition) is 5. The first kappa shape index (κ1) is 19.5. The number of benzene rings is 2. The van der Waals surface area contributed by atoms with Crippen LogP contribution in [0.3, 0.4) is 0 Å². The van der Waals surface area contributed by atoms with Gasteiger partial charge in [0.25, 0.3) is 0 Å². The molecular formula is C24H23N3O3. The summed E-state index contributed by atoms with van der Waals surface area (Å²) in [5, 5.41) is 2.74. The number of nitrogens with zero attached hydrogens (tertiary/aromatic N) is 1. The number of nitrogens with one attached hydrogen (secondary N) is 1. The lowest BCUT2D eigenvalue weighted by Crippen LogP contribution is -2.26. The Morgan fingerprint density at radius 2 is 1.80 bits per heavy atom. The number of nitrogen functional groups attached to an aromatic ring is 1. The van der Waals surface area contributed by atoms with Gasteiger partial charge in [-0.1, -0.05) is 60.7 Å². The third-order valence-electron chi connectivity index (χ3n) is 5.14. The number of hydrogen-bond donors (Lipinski definition) is 2. The molecule has 6 heteroatoms. The van der Waals surface area contributed by atoms with E-state index in [0.717, 1.165) is 5.56 Å². The molecule has 0 spiro atoms. The predicted octanol–water partition coefficient (Wildman–Crippen LogP) is 4.22. The van der Waals surface area contributed by atoms with Crippen molar-refractivity contribution in [3.8, 4) is 16.9 Å². The molecule has 0 fully saturated rings. The van der Waals surface area contributed by atoms with Crippen molar-refractivity contribution in [2.45, 2.75) is 5.92 Å². The minimum absolute atomic E-state index is 0.0482. The minimum atomic E-state index is -0.450. The van der Waals surface area contributed by atoms with Gasteiger partial charge in [-0.3, -0.25) is 0 Å². The predicted molar refractivity (Wildman–Crippen MR) is 117 cm³/mol. The average Bonchev–Trinajstić information content (AvgIpc) is 3.10. The lowest BCUT2D eigenvalue weighted by Gasteiger charge is -2.14. The van der Waals surface area contributed by atoms with Crippen LogP contribution in [-0.4, -0.2) is 31.3 Å². The van der Waals surface area contributed by atoms with Crippen LogP contribution >= 0.6 is 0 Å². The quantitative estimate of drug-likeness (QED) is 0.646. The summed E-state index contributed by atoms with van der Waals surface area (Å²) in [6, 6.07) is 18.3. The number of carbonyl (C=O) groups excluding carboxylic acids is 1. The maximum absolute atomic E-state index is 12.2. The molecule has 4 rings (SSSR count). The second-order valence-electron chi connectivity index (χ2n) is 6.96. The van der Waals surface area contributed by atoms with E-state index in [1.54, 1.807) is 19.4 Å². The number of amides is 1. The molecule has 1 amide bonds. The molecule has 0 saturated carbocycles. The molecule has 3 aromatic rings. The fraction of sp³-hybridized carbons (Fsp3) is 0.167. The SMILES string of the molecule is COc1cc(C=CCNC(=O)OCC2c3ccccc3-c3ccccc32)cnc1N. The topological polar surface area (TPSA) is 86.5 Å². The Kier molecular flexibility index (Phi) is 5.66. The van der Waals surface area contributed by atoms with Gasteiger partial charge >= 0.3 is 6.09 Å². The normalized spacial score (nSPS) is 12.4. The molecule has 0 aliphatic heterocycles. The van der Waals surface area contributed by atoms with Gasteiger partial charge in [0, 0.05) is 18.7 Å². The summed E-state index contributed by atoms with van der Waals surface area (Å²) in [4.78, 5) is 16.2. The van der Waals surface area contributed by atoms with Crippen LogP contribution in [0.4, 0.5) is 10.6 Å². The Balaban J connectivity index is 1.32. The molecule has 0 saturated heterocycles. The van der Waals surface area contributed by atoms with Crippen molar-refractivity contribution < 1.29 is 14.3 Å². The van der Waals surface area contributed by atoms with Crippen LogP contribution in [0, 0.1) is 0 Å². The summed E-state index contributed by atoms with van der Waals surface area (Å²) >= 11 is 0. The number of methoxy groups -OCH3 is 1. The number of rotatable bonds is 6. The number of aromatic nitrogens is 1. The molecule has 0 bridgehead atoms. The fourth-order valence-corrected chi connectivity index (χ4v) is 3.71. The van der Waals surface area contributed by atoms with Crippen LogP contribution in [0.1, 0.15) is 22.6 Å². The molecule has 0 atom stereocenters. The van der Waals surface area contributed by atoms with Crippen molar-refractivity contribution in [2.75, 3.05) is 26.0 Å². The highest BCUT2D eigenvalue weighted by Crippen LogP contribution is 2.44. The van der Waals surface area contributed by atoms with Gasteiger partial charge < -0.3 is 20.5 Å². The van der Waals surface area contributed by atoms with E-state index >= 15 is 0 Å². The highest BCUT2D eigenvalue weighted by Gasteiger charge is 2.28.